The van der Waals surface area contributed by atoms with Crippen molar-refractivity contribution < 1.29 is 14.8 Å². The van der Waals surface area contributed by atoms with Crippen LogP contribution in [0, 0.1) is 10.1 Å². The van der Waals surface area contributed by atoms with Crippen LogP contribution in [-0.2, 0) is 4.79 Å². The second kappa shape index (κ2) is 4.18. The molecule has 5 nitrogen and oxygen atoms in total. The molecule has 1 rings (SSSR count). The molecule has 0 saturated carbocycles. The number of carbonyl (C=O) groups is 1. The first-order chi connectivity index (χ1) is 6.65. The van der Waals surface area contributed by atoms with Crippen LogP contribution in [-0.4, -0.2) is 16.3 Å². The molecule has 0 bridgehead atoms. The summed E-state index contributed by atoms with van der Waals surface area (Å²) in [4.78, 5) is 19.6. The van der Waals surface area contributed by atoms with Crippen LogP contribution in [0.25, 0.3) is 6.08 Å². The van der Waals surface area contributed by atoms with E-state index in [0.29, 0.717) is 11.8 Å². The van der Waals surface area contributed by atoms with E-state index >= 15 is 0 Å². The zero-order chi connectivity index (χ0) is 10.6. The Morgan fingerprint density at radius 3 is 2.64 bits per heavy atom. The summed E-state index contributed by atoms with van der Waals surface area (Å²) in [6, 6.07) is 3.84. The molecule has 0 saturated heterocycles. The maximum atomic E-state index is 10.3. The first kappa shape index (κ1) is 9.91. The highest BCUT2D eigenvalue weighted by Gasteiger charge is 2.11. The number of allylic oxidation sites excluding steroid dienone is 1. The number of nitro groups is 1. The van der Waals surface area contributed by atoms with Gasteiger partial charge in [-0.1, -0.05) is 6.08 Å². The van der Waals surface area contributed by atoms with Gasteiger partial charge in [0.2, 0.25) is 0 Å². The first-order valence-electron chi connectivity index (χ1n) is 3.74. The van der Waals surface area contributed by atoms with Gasteiger partial charge in [0, 0.05) is 6.07 Å². The highest BCUT2D eigenvalue weighted by molar-refractivity contribution is 5.74. The molecular weight excluding hydrogens is 186 g/mol. The van der Waals surface area contributed by atoms with E-state index in [4.69, 9.17) is 0 Å². The van der Waals surface area contributed by atoms with E-state index in [9.17, 15) is 20.0 Å². The van der Waals surface area contributed by atoms with Crippen molar-refractivity contribution in [1.82, 2.24) is 0 Å². The topological polar surface area (TPSA) is 80.4 Å². The Hall–Kier alpha value is -2.17. The van der Waals surface area contributed by atoms with E-state index < -0.39 is 10.7 Å². The fraction of sp³-hybridized carbons (Fsp3) is 0. The van der Waals surface area contributed by atoms with Crippen molar-refractivity contribution in [3.63, 3.8) is 0 Å². The van der Waals surface area contributed by atoms with E-state index in [-0.39, 0.29) is 5.69 Å². The van der Waals surface area contributed by atoms with E-state index in [1.54, 1.807) is 0 Å². The maximum absolute atomic E-state index is 10.3. The molecular formula is C9H7NO4. The number of phenolic OH excluding ortho intramolecular Hbond substituents is 1. The van der Waals surface area contributed by atoms with Gasteiger partial charge >= 0.3 is 5.69 Å². The molecule has 0 unspecified atom stereocenters. The summed E-state index contributed by atoms with van der Waals surface area (Å²) in [5.74, 6) is -0.414. The molecule has 14 heavy (non-hydrogen) atoms. The van der Waals surface area contributed by atoms with Crippen LogP contribution in [0.3, 0.4) is 0 Å². The molecule has 0 aliphatic heterocycles. The molecule has 1 aromatic rings. The summed E-state index contributed by atoms with van der Waals surface area (Å²) in [5.41, 5.74) is 0.174. The van der Waals surface area contributed by atoms with Gasteiger partial charge in [0.25, 0.3) is 0 Å². The Labute approximate surface area is 79.4 Å². The van der Waals surface area contributed by atoms with E-state index in [0.717, 1.165) is 0 Å². The lowest BCUT2D eigenvalue weighted by Crippen LogP contribution is -1.88. The average Bonchev–Trinajstić information content (AvgIpc) is 2.14. The van der Waals surface area contributed by atoms with Gasteiger partial charge in [-0.15, -0.1) is 0 Å². The number of nitrogens with zero attached hydrogens (tertiary/aromatic N) is 1. The lowest BCUT2D eigenvalue weighted by atomic mass is 10.2. The summed E-state index contributed by atoms with van der Waals surface area (Å²) >= 11 is 0. The molecule has 1 aromatic carbocycles. The van der Waals surface area contributed by atoms with Gasteiger partial charge in [0.15, 0.2) is 5.75 Å². The number of rotatable bonds is 3. The van der Waals surface area contributed by atoms with Crippen molar-refractivity contribution in [1.29, 1.82) is 0 Å². The van der Waals surface area contributed by atoms with Crippen LogP contribution in [0.4, 0.5) is 5.69 Å². The Kier molecular flexibility index (Phi) is 2.96. The summed E-state index contributed by atoms with van der Waals surface area (Å²) in [5, 5.41) is 19.5. The van der Waals surface area contributed by atoms with Crippen molar-refractivity contribution in [2.45, 2.75) is 0 Å². The Morgan fingerprint density at radius 1 is 1.43 bits per heavy atom. The monoisotopic (exact) mass is 193 g/mol. The molecule has 0 amide bonds. The standard InChI is InChI=1S/C9H7NO4/c11-5-1-2-7-3-4-8(10(13)14)9(12)6-7/h1-6,12H/b2-1+. The number of benzene rings is 1. The van der Waals surface area contributed by atoms with E-state index in [2.05, 4.69) is 0 Å². The van der Waals surface area contributed by atoms with E-state index in [1.807, 2.05) is 0 Å². The third-order valence-electron chi connectivity index (χ3n) is 1.56. The first-order valence-corrected chi connectivity index (χ1v) is 3.74. The summed E-state index contributed by atoms with van der Waals surface area (Å²) in [7, 11) is 0. The number of aromatic hydroxyl groups is 1. The predicted molar refractivity (Wildman–Crippen MR) is 49.9 cm³/mol. The summed E-state index contributed by atoms with van der Waals surface area (Å²) in [6.07, 6.45) is 3.26. The lowest BCUT2D eigenvalue weighted by Gasteiger charge is -1.96. The molecule has 0 radical (unpaired) electrons. The largest absolute Gasteiger partial charge is 0.502 e. The minimum atomic E-state index is -0.678. The van der Waals surface area contributed by atoms with Crippen LogP contribution >= 0.6 is 0 Å². The van der Waals surface area contributed by atoms with E-state index in [1.165, 1.54) is 30.4 Å². The van der Waals surface area contributed by atoms with Crippen LogP contribution in [0.15, 0.2) is 24.3 Å². The molecule has 0 aliphatic rings. The third-order valence-corrected chi connectivity index (χ3v) is 1.56. The van der Waals surface area contributed by atoms with Crippen LogP contribution in [0.1, 0.15) is 5.56 Å². The highest BCUT2D eigenvalue weighted by Crippen LogP contribution is 2.26. The minimum absolute atomic E-state index is 0.353. The summed E-state index contributed by atoms with van der Waals surface area (Å²) in [6.45, 7) is 0. The summed E-state index contributed by atoms with van der Waals surface area (Å²) < 4.78 is 0. The zero-order valence-corrected chi connectivity index (χ0v) is 7.08. The van der Waals surface area contributed by atoms with Crippen LogP contribution < -0.4 is 0 Å². The van der Waals surface area contributed by atoms with Crippen LogP contribution in [0.2, 0.25) is 0 Å². The second-order valence-corrected chi connectivity index (χ2v) is 2.50. The van der Waals surface area contributed by atoms with Crippen molar-refractivity contribution in [2.24, 2.45) is 0 Å². The normalized spacial score (nSPS) is 10.3. The van der Waals surface area contributed by atoms with Gasteiger partial charge in [0.05, 0.1) is 4.92 Å². The number of aldehydes is 1. The Balaban J connectivity index is 3.06. The zero-order valence-electron chi connectivity index (χ0n) is 7.08. The Bertz CT molecular complexity index is 398. The van der Waals surface area contributed by atoms with Gasteiger partial charge in [-0.05, 0) is 23.8 Å². The van der Waals surface area contributed by atoms with Gasteiger partial charge in [0.1, 0.15) is 6.29 Å². The van der Waals surface area contributed by atoms with Crippen LogP contribution in [0.5, 0.6) is 5.75 Å². The molecule has 0 spiro atoms. The molecule has 0 fully saturated rings. The highest BCUT2D eigenvalue weighted by atomic mass is 16.6. The van der Waals surface area contributed by atoms with Gasteiger partial charge in [-0.3, -0.25) is 14.9 Å². The predicted octanol–water partition coefficient (Wildman–Crippen LogP) is 1.51. The Morgan fingerprint density at radius 2 is 2.14 bits per heavy atom. The fourth-order valence-corrected chi connectivity index (χ4v) is 0.949. The molecule has 72 valence electrons. The fourth-order valence-electron chi connectivity index (χ4n) is 0.949. The minimum Gasteiger partial charge on any atom is -0.502 e. The second-order valence-electron chi connectivity index (χ2n) is 2.50. The van der Waals surface area contributed by atoms with Crippen molar-refractivity contribution in [3.8, 4) is 5.75 Å². The smallest absolute Gasteiger partial charge is 0.310 e. The van der Waals surface area contributed by atoms with Crippen molar-refractivity contribution in [3.05, 3.63) is 40.0 Å². The quantitative estimate of drug-likeness (QED) is 0.341. The molecule has 0 atom stereocenters. The third kappa shape index (κ3) is 2.16. The lowest BCUT2D eigenvalue weighted by molar-refractivity contribution is -0.385. The molecule has 0 aromatic heterocycles. The number of phenols is 1. The maximum Gasteiger partial charge on any atom is 0.310 e. The van der Waals surface area contributed by atoms with Gasteiger partial charge < -0.3 is 5.11 Å². The molecule has 0 heterocycles. The number of carbonyl (C=O) groups excluding carboxylic acids is 1. The van der Waals surface area contributed by atoms with Crippen molar-refractivity contribution in [2.75, 3.05) is 0 Å². The van der Waals surface area contributed by atoms with Crippen molar-refractivity contribution >= 4 is 18.0 Å². The molecule has 5 heteroatoms. The SMILES string of the molecule is O=C/C=C/c1ccc([N+](=O)[O-])c(O)c1. The van der Waals surface area contributed by atoms with Gasteiger partial charge in [-0.2, -0.15) is 0 Å². The molecule has 1 N–H and O–H groups in total. The number of hydrogen-bond donors (Lipinski definition) is 1. The molecule has 0 aliphatic carbocycles. The van der Waals surface area contributed by atoms with Gasteiger partial charge in [-0.25, -0.2) is 0 Å². The average molecular weight is 193 g/mol. The number of hydrogen-bond acceptors (Lipinski definition) is 4. The number of nitro benzene ring substituents is 1.